The number of alkyl halides is 3. The van der Waals surface area contributed by atoms with Crippen LogP contribution in [-0.2, 0) is 11.2 Å². The quantitative estimate of drug-likeness (QED) is 0.718. The third-order valence-electron chi connectivity index (χ3n) is 3.23. The van der Waals surface area contributed by atoms with Gasteiger partial charge in [0.25, 0.3) is 0 Å². The second kappa shape index (κ2) is 9.35. The van der Waals surface area contributed by atoms with Crippen molar-refractivity contribution in [3.8, 4) is 0 Å². The summed E-state index contributed by atoms with van der Waals surface area (Å²) in [6.07, 6.45) is 0.849. The molecule has 2 N–H and O–H groups in total. The third kappa shape index (κ3) is 7.83. The lowest BCUT2D eigenvalue weighted by Crippen LogP contribution is -2.37. The van der Waals surface area contributed by atoms with E-state index in [1.54, 1.807) is 6.08 Å². The monoisotopic (exact) mass is 329 g/mol. The van der Waals surface area contributed by atoms with Gasteiger partial charge in [-0.05, 0) is 30.4 Å². The predicted octanol–water partition coefficient (Wildman–Crippen LogP) is 3.47. The van der Waals surface area contributed by atoms with Crippen molar-refractivity contribution < 1.29 is 23.1 Å². The van der Waals surface area contributed by atoms with Gasteiger partial charge in [-0.1, -0.05) is 49.8 Å². The summed E-state index contributed by atoms with van der Waals surface area (Å²) in [4.78, 5) is 10.7. The van der Waals surface area contributed by atoms with Crippen LogP contribution >= 0.6 is 0 Å². The number of hydrogen-bond acceptors (Lipinski definition) is 2. The van der Waals surface area contributed by atoms with Crippen LogP contribution in [0.1, 0.15) is 37.3 Å². The third-order valence-corrected chi connectivity index (χ3v) is 3.23. The van der Waals surface area contributed by atoms with Gasteiger partial charge in [-0.3, -0.25) is 4.79 Å². The SMILES string of the molecule is CCCC(O)/C=C/c1cccc(CCCNC(=O)C(F)(F)F)c1. The molecule has 0 saturated carbocycles. The molecule has 0 radical (unpaired) electrons. The minimum atomic E-state index is -4.83. The maximum Gasteiger partial charge on any atom is 0.471 e. The van der Waals surface area contributed by atoms with E-state index in [-0.39, 0.29) is 6.54 Å². The molecule has 0 heterocycles. The summed E-state index contributed by atoms with van der Waals surface area (Å²) in [5.74, 6) is -1.90. The number of carbonyl (C=O) groups excluding carboxylic acids is 1. The maximum atomic E-state index is 12.0. The molecule has 6 heteroatoms. The molecular weight excluding hydrogens is 307 g/mol. The normalized spacial score (nSPS) is 13.3. The van der Waals surface area contributed by atoms with Crippen molar-refractivity contribution in [3.63, 3.8) is 0 Å². The Morgan fingerprint density at radius 3 is 2.78 bits per heavy atom. The Bertz CT molecular complexity index is 527. The molecule has 0 aliphatic rings. The number of halogens is 3. The highest BCUT2D eigenvalue weighted by atomic mass is 19.4. The van der Waals surface area contributed by atoms with Crippen molar-refractivity contribution >= 4 is 12.0 Å². The smallest absolute Gasteiger partial charge is 0.389 e. The van der Waals surface area contributed by atoms with Crippen molar-refractivity contribution in [2.45, 2.75) is 44.9 Å². The Kier molecular flexibility index (Phi) is 7.81. The molecule has 3 nitrogen and oxygen atoms in total. The number of benzene rings is 1. The van der Waals surface area contributed by atoms with Crippen LogP contribution in [0, 0.1) is 0 Å². The van der Waals surface area contributed by atoms with Gasteiger partial charge >= 0.3 is 12.1 Å². The van der Waals surface area contributed by atoms with E-state index in [1.165, 1.54) is 0 Å². The fraction of sp³-hybridized carbons (Fsp3) is 0.471. The van der Waals surface area contributed by atoms with E-state index in [0.717, 1.165) is 17.5 Å². The first kappa shape index (κ1) is 19.2. The van der Waals surface area contributed by atoms with E-state index in [1.807, 2.05) is 42.6 Å². The number of carbonyl (C=O) groups is 1. The molecule has 128 valence electrons. The van der Waals surface area contributed by atoms with E-state index in [2.05, 4.69) is 0 Å². The van der Waals surface area contributed by atoms with Crippen LogP contribution in [0.5, 0.6) is 0 Å². The molecule has 0 saturated heterocycles. The lowest BCUT2D eigenvalue weighted by molar-refractivity contribution is -0.173. The number of nitrogens with one attached hydrogen (secondary N) is 1. The van der Waals surface area contributed by atoms with Gasteiger partial charge < -0.3 is 10.4 Å². The number of aliphatic hydroxyl groups is 1. The number of rotatable bonds is 8. The van der Waals surface area contributed by atoms with Crippen LogP contribution < -0.4 is 5.32 Å². The molecule has 1 aromatic rings. The summed E-state index contributed by atoms with van der Waals surface area (Å²) >= 11 is 0. The van der Waals surface area contributed by atoms with E-state index in [9.17, 15) is 23.1 Å². The summed E-state index contributed by atoms with van der Waals surface area (Å²) in [6, 6.07) is 7.55. The second-order valence-corrected chi connectivity index (χ2v) is 5.32. The minimum absolute atomic E-state index is 0.0202. The van der Waals surface area contributed by atoms with Crippen molar-refractivity contribution in [3.05, 3.63) is 41.5 Å². The maximum absolute atomic E-state index is 12.0. The Balaban J connectivity index is 2.44. The first-order valence-corrected chi connectivity index (χ1v) is 7.63. The van der Waals surface area contributed by atoms with Crippen LogP contribution in [0.15, 0.2) is 30.3 Å². The van der Waals surface area contributed by atoms with Crippen LogP contribution in [0.25, 0.3) is 6.08 Å². The first-order valence-electron chi connectivity index (χ1n) is 7.63. The fourth-order valence-corrected chi connectivity index (χ4v) is 2.06. The fourth-order valence-electron chi connectivity index (χ4n) is 2.06. The van der Waals surface area contributed by atoms with Crippen LogP contribution in [-0.4, -0.2) is 29.8 Å². The van der Waals surface area contributed by atoms with E-state index in [4.69, 9.17) is 0 Å². The highest BCUT2D eigenvalue weighted by Gasteiger charge is 2.38. The number of amides is 1. The molecule has 0 aromatic heterocycles. The van der Waals surface area contributed by atoms with Crippen LogP contribution in [0.4, 0.5) is 13.2 Å². The van der Waals surface area contributed by atoms with Crippen molar-refractivity contribution in [1.82, 2.24) is 5.32 Å². The summed E-state index contributed by atoms with van der Waals surface area (Å²) < 4.78 is 36.1. The van der Waals surface area contributed by atoms with Gasteiger partial charge in [0, 0.05) is 6.54 Å². The molecule has 0 aliphatic heterocycles. The lowest BCUT2D eigenvalue weighted by atomic mass is 10.1. The van der Waals surface area contributed by atoms with Crippen molar-refractivity contribution in [2.24, 2.45) is 0 Å². The molecular formula is C17H22F3NO2. The predicted molar refractivity (Wildman–Crippen MR) is 83.8 cm³/mol. The Labute approximate surface area is 134 Å². The summed E-state index contributed by atoms with van der Waals surface area (Å²) in [5, 5.41) is 11.5. The zero-order chi connectivity index (χ0) is 17.3. The van der Waals surface area contributed by atoms with Gasteiger partial charge in [-0.2, -0.15) is 13.2 Å². The molecule has 1 unspecified atom stereocenters. The molecule has 0 spiro atoms. The number of aryl methyl sites for hydroxylation is 1. The van der Waals surface area contributed by atoms with Gasteiger partial charge in [-0.15, -0.1) is 0 Å². The summed E-state index contributed by atoms with van der Waals surface area (Å²) in [5.41, 5.74) is 1.90. The van der Waals surface area contributed by atoms with Gasteiger partial charge in [0.1, 0.15) is 0 Å². The molecule has 0 aliphatic carbocycles. The molecule has 1 atom stereocenters. The number of aliphatic hydroxyl groups excluding tert-OH is 1. The Morgan fingerprint density at radius 1 is 1.39 bits per heavy atom. The Hall–Kier alpha value is -1.82. The van der Waals surface area contributed by atoms with E-state index >= 15 is 0 Å². The largest absolute Gasteiger partial charge is 0.471 e. The molecule has 1 aromatic carbocycles. The average molecular weight is 329 g/mol. The average Bonchev–Trinajstić information content (AvgIpc) is 2.49. The molecule has 0 fully saturated rings. The van der Waals surface area contributed by atoms with Gasteiger partial charge in [0.2, 0.25) is 0 Å². The highest BCUT2D eigenvalue weighted by molar-refractivity contribution is 5.81. The van der Waals surface area contributed by atoms with E-state index < -0.39 is 18.2 Å². The zero-order valence-electron chi connectivity index (χ0n) is 13.1. The minimum Gasteiger partial charge on any atom is -0.389 e. The van der Waals surface area contributed by atoms with Gasteiger partial charge in [0.15, 0.2) is 0 Å². The second-order valence-electron chi connectivity index (χ2n) is 5.32. The Morgan fingerprint density at radius 2 is 2.13 bits per heavy atom. The van der Waals surface area contributed by atoms with Crippen LogP contribution in [0.3, 0.4) is 0 Å². The first-order chi connectivity index (χ1) is 10.8. The van der Waals surface area contributed by atoms with Crippen molar-refractivity contribution in [2.75, 3.05) is 6.54 Å². The molecule has 1 rings (SSSR count). The molecule has 0 bridgehead atoms. The highest BCUT2D eigenvalue weighted by Crippen LogP contribution is 2.14. The standard InChI is InChI=1S/C17H22F3NO2/c1-2-5-15(22)10-9-14-7-3-6-13(12-14)8-4-11-21-16(23)17(18,19)20/h3,6-7,9-10,12,15,22H,2,4-5,8,11H2,1H3,(H,21,23)/b10-9+. The lowest BCUT2D eigenvalue weighted by Gasteiger charge is -2.08. The van der Waals surface area contributed by atoms with Crippen molar-refractivity contribution in [1.29, 1.82) is 0 Å². The summed E-state index contributed by atoms with van der Waals surface area (Å²) in [7, 11) is 0. The summed E-state index contributed by atoms with van der Waals surface area (Å²) in [6.45, 7) is 1.98. The van der Waals surface area contributed by atoms with Crippen LogP contribution in [0.2, 0.25) is 0 Å². The zero-order valence-corrected chi connectivity index (χ0v) is 13.1. The van der Waals surface area contributed by atoms with Gasteiger partial charge in [-0.25, -0.2) is 0 Å². The number of hydrogen-bond donors (Lipinski definition) is 2. The van der Waals surface area contributed by atoms with E-state index in [0.29, 0.717) is 19.3 Å². The topological polar surface area (TPSA) is 49.3 Å². The molecule has 1 amide bonds. The van der Waals surface area contributed by atoms with Gasteiger partial charge in [0.05, 0.1) is 6.10 Å². The molecule has 23 heavy (non-hydrogen) atoms.